The van der Waals surface area contributed by atoms with Gasteiger partial charge in [0.25, 0.3) is 0 Å². The van der Waals surface area contributed by atoms with Crippen molar-refractivity contribution < 1.29 is 18.7 Å². The molecule has 0 saturated carbocycles. The summed E-state index contributed by atoms with van der Waals surface area (Å²) in [4.78, 5) is 18.5. The van der Waals surface area contributed by atoms with Crippen LogP contribution < -0.4 is 19.7 Å². The van der Waals surface area contributed by atoms with Crippen LogP contribution in [0.15, 0.2) is 66.7 Å². The van der Waals surface area contributed by atoms with Crippen molar-refractivity contribution in [2.24, 2.45) is 0 Å². The molecule has 7 heteroatoms. The number of nitrogens with one attached hydrogen (secondary N) is 1. The van der Waals surface area contributed by atoms with Crippen LogP contribution in [0.5, 0.6) is 11.5 Å². The number of carbonyl (C=O) groups is 1. The highest BCUT2D eigenvalue weighted by Crippen LogP contribution is 2.40. The summed E-state index contributed by atoms with van der Waals surface area (Å²) in [5.74, 6) is 1.30. The maximum Gasteiger partial charge on any atom is 0.184 e. The predicted octanol–water partition coefficient (Wildman–Crippen LogP) is 4.40. The van der Waals surface area contributed by atoms with E-state index in [2.05, 4.69) is 39.4 Å². The fourth-order valence-electron chi connectivity index (χ4n) is 5.64. The van der Waals surface area contributed by atoms with Crippen LogP contribution in [0.4, 0.5) is 15.8 Å². The summed E-state index contributed by atoms with van der Waals surface area (Å²) < 4.78 is 25.3. The smallest absolute Gasteiger partial charge is 0.184 e. The van der Waals surface area contributed by atoms with Crippen molar-refractivity contribution in [1.29, 1.82) is 0 Å². The van der Waals surface area contributed by atoms with E-state index in [1.807, 2.05) is 18.2 Å². The summed E-state index contributed by atoms with van der Waals surface area (Å²) in [6.45, 7) is 4.14. The SMILES string of the molecule is O=C(c1ccc(F)cc1)C(C1CCc2ccccc2N1)N1CCN(c2cccc3c2OCCO3)CC1. The van der Waals surface area contributed by atoms with E-state index < -0.39 is 0 Å². The van der Waals surface area contributed by atoms with E-state index in [4.69, 9.17) is 9.47 Å². The van der Waals surface area contributed by atoms with Gasteiger partial charge in [0.1, 0.15) is 19.0 Å². The number of anilines is 2. The van der Waals surface area contributed by atoms with Crippen LogP contribution in [0.25, 0.3) is 0 Å². The number of carbonyl (C=O) groups excluding carboxylic acids is 1. The molecule has 0 spiro atoms. The normalized spacial score (nSPS) is 20.2. The van der Waals surface area contributed by atoms with Crippen molar-refractivity contribution >= 4 is 17.2 Å². The lowest BCUT2D eigenvalue weighted by atomic mass is 9.88. The van der Waals surface area contributed by atoms with Gasteiger partial charge in [-0.2, -0.15) is 0 Å². The average Bonchev–Trinajstić information content (AvgIpc) is 2.93. The Bertz CT molecular complexity index is 1240. The van der Waals surface area contributed by atoms with E-state index in [9.17, 15) is 9.18 Å². The fourth-order valence-corrected chi connectivity index (χ4v) is 5.64. The van der Waals surface area contributed by atoms with Gasteiger partial charge >= 0.3 is 0 Å². The Morgan fingerprint density at radius 2 is 1.69 bits per heavy atom. The lowest BCUT2D eigenvalue weighted by molar-refractivity contribution is 0.0770. The Morgan fingerprint density at radius 1 is 0.917 bits per heavy atom. The largest absolute Gasteiger partial charge is 0.486 e. The van der Waals surface area contributed by atoms with E-state index in [0.29, 0.717) is 18.8 Å². The average molecular weight is 488 g/mol. The number of nitrogens with zero attached hydrogens (tertiary/aromatic N) is 2. The van der Waals surface area contributed by atoms with Crippen molar-refractivity contribution in [2.75, 3.05) is 49.6 Å². The first-order valence-electron chi connectivity index (χ1n) is 12.7. The third-order valence-corrected chi connectivity index (χ3v) is 7.46. The molecule has 2 unspecified atom stereocenters. The molecule has 0 radical (unpaired) electrons. The Kier molecular flexibility index (Phi) is 6.23. The van der Waals surface area contributed by atoms with E-state index in [1.54, 1.807) is 12.1 Å². The molecular weight excluding hydrogens is 457 g/mol. The summed E-state index contributed by atoms with van der Waals surface area (Å²) in [7, 11) is 0. The number of para-hydroxylation sites is 2. The standard InChI is InChI=1S/C29H30FN3O3/c30-22-11-8-21(9-12-22)28(34)27(24-13-10-20-4-1-2-5-23(20)31-24)33-16-14-32(15-17-33)25-6-3-7-26-29(25)36-19-18-35-26/h1-9,11-12,24,27,31H,10,13-19H2. The number of hydrogen-bond acceptors (Lipinski definition) is 6. The zero-order valence-electron chi connectivity index (χ0n) is 20.2. The van der Waals surface area contributed by atoms with Gasteiger partial charge < -0.3 is 19.7 Å². The van der Waals surface area contributed by atoms with Gasteiger partial charge in [0.2, 0.25) is 0 Å². The zero-order valence-corrected chi connectivity index (χ0v) is 20.2. The molecule has 6 nitrogen and oxygen atoms in total. The minimum Gasteiger partial charge on any atom is -0.486 e. The number of benzene rings is 3. The van der Waals surface area contributed by atoms with Crippen molar-refractivity contribution in [3.05, 3.63) is 83.7 Å². The molecule has 36 heavy (non-hydrogen) atoms. The topological polar surface area (TPSA) is 54.0 Å². The minimum atomic E-state index is -0.338. The minimum absolute atomic E-state index is 0.0229. The Morgan fingerprint density at radius 3 is 2.53 bits per heavy atom. The molecule has 6 rings (SSSR count). The van der Waals surface area contributed by atoms with Crippen molar-refractivity contribution in [3.63, 3.8) is 0 Å². The molecule has 0 aliphatic carbocycles. The molecule has 3 heterocycles. The fraction of sp³-hybridized carbons (Fsp3) is 0.345. The number of Topliss-reactive ketones (excluding diaryl/α,β-unsaturated/α-hetero) is 1. The Hall–Kier alpha value is -3.58. The lowest BCUT2D eigenvalue weighted by Gasteiger charge is -2.44. The molecule has 3 aliphatic rings. The van der Waals surface area contributed by atoms with E-state index in [-0.39, 0.29) is 23.7 Å². The highest BCUT2D eigenvalue weighted by Gasteiger charge is 2.38. The molecule has 1 N–H and O–H groups in total. The highest BCUT2D eigenvalue weighted by atomic mass is 19.1. The van der Waals surface area contributed by atoms with Gasteiger partial charge in [0.15, 0.2) is 17.3 Å². The number of fused-ring (bicyclic) bond motifs is 2. The monoisotopic (exact) mass is 487 g/mol. The van der Waals surface area contributed by atoms with E-state index in [0.717, 1.165) is 61.9 Å². The number of rotatable bonds is 5. The number of halogens is 1. The first-order valence-corrected chi connectivity index (χ1v) is 12.7. The molecule has 3 aromatic rings. The van der Waals surface area contributed by atoms with Gasteiger partial charge in [-0.1, -0.05) is 24.3 Å². The van der Waals surface area contributed by atoms with Crippen molar-refractivity contribution in [3.8, 4) is 11.5 Å². The first-order chi connectivity index (χ1) is 17.7. The molecule has 186 valence electrons. The van der Waals surface area contributed by atoms with Gasteiger partial charge in [-0.3, -0.25) is 9.69 Å². The molecular formula is C29H30FN3O3. The summed E-state index contributed by atoms with van der Waals surface area (Å²) in [6, 6.07) is 19.9. The second-order valence-electron chi connectivity index (χ2n) is 9.59. The zero-order chi connectivity index (χ0) is 24.5. The predicted molar refractivity (Wildman–Crippen MR) is 138 cm³/mol. The van der Waals surface area contributed by atoms with Crippen LogP contribution >= 0.6 is 0 Å². The molecule has 1 saturated heterocycles. The third kappa shape index (κ3) is 4.39. The molecule has 0 bridgehead atoms. The number of ketones is 1. The van der Waals surface area contributed by atoms with Crippen LogP contribution in [0.2, 0.25) is 0 Å². The van der Waals surface area contributed by atoms with Crippen LogP contribution in [0.3, 0.4) is 0 Å². The second-order valence-corrected chi connectivity index (χ2v) is 9.59. The number of aryl methyl sites for hydroxylation is 1. The second kappa shape index (κ2) is 9.82. The Labute approximate surface area is 210 Å². The lowest BCUT2D eigenvalue weighted by Crippen LogP contribution is -2.58. The van der Waals surface area contributed by atoms with Crippen LogP contribution in [0, 0.1) is 5.82 Å². The molecule has 3 aliphatic heterocycles. The first kappa shape index (κ1) is 22.9. The highest BCUT2D eigenvalue weighted by molar-refractivity contribution is 6.01. The van der Waals surface area contributed by atoms with Gasteiger partial charge in [-0.25, -0.2) is 4.39 Å². The maximum atomic E-state index is 13.9. The molecule has 0 aromatic heterocycles. The summed E-state index contributed by atoms with van der Waals surface area (Å²) in [5.41, 5.74) is 3.96. The molecule has 3 aromatic carbocycles. The molecule has 1 fully saturated rings. The Balaban J connectivity index is 1.24. The van der Waals surface area contributed by atoms with Gasteiger partial charge in [0.05, 0.1) is 11.7 Å². The van der Waals surface area contributed by atoms with Crippen LogP contribution in [-0.4, -0.2) is 62.2 Å². The summed E-state index contributed by atoms with van der Waals surface area (Å²) >= 11 is 0. The van der Waals surface area contributed by atoms with Gasteiger partial charge in [0, 0.05) is 43.5 Å². The van der Waals surface area contributed by atoms with Gasteiger partial charge in [-0.15, -0.1) is 0 Å². The number of hydrogen-bond donors (Lipinski definition) is 1. The molecule has 2 atom stereocenters. The van der Waals surface area contributed by atoms with E-state index >= 15 is 0 Å². The summed E-state index contributed by atoms with van der Waals surface area (Å²) in [5, 5.41) is 3.65. The maximum absolute atomic E-state index is 13.9. The number of piperazine rings is 1. The number of ether oxygens (including phenoxy) is 2. The van der Waals surface area contributed by atoms with E-state index in [1.165, 1.54) is 17.7 Å². The van der Waals surface area contributed by atoms with Gasteiger partial charge in [-0.05, 0) is 60.9 Å². The summed E-state index contributed by atoms with van der Waals surface area (Å²) in [6.07, 6.45) is 1.79. The quantitative estimate of drug-likeness (QED) is 0.539. The van der Waals surface area contributed by atoms with Crippen molar-refractivity contribution in [2.45, 2.75) is 24.9 Å². The van der Waals surface area contributed by atoms with Crippen molar-refractivity contribution in [1.82, 2.24) is 4.90 Å². The third-order valence-electron chi connectivity index (χ3n) is 7.46. The van der Waals surface area contributed by atoms with Crippen LogP contribution in [0.1, 0.15) is 22.3 Å². The molecule has 0 amide bonds. The van der Waals surface area contributed by atoms with Crippen LogP contribution in [-0.2, 0) is 6.42 Å².